The summed E-state index contributed by atoms with van der Waals surface area (Å²) in [6, 6.07) is 0.319. The van der Waals surface area contributed by atoms with Gasteiger partial charge in [0.25, 0.3) is 0 Å². The van der Waals surface area contributed by atoms with Crippen LogP contribution in [-0.2, 0) is 9.53 Å². The molecule has 1 fully saturated rings. The lowest BCUT2D eigenvalue weighted by atomic mass is 10.00. The quantitative estimate of drug-likeness (QED) is 0.637. The second kappa shape index (κ2) is 7.63. The summed E-state index contributed by atoms with van der Waals surface area (Å²) in [7, 11) is 1.66. The van der Waals surface area contributed by atoms with Crippen molar-refractivity contribution in [1.82, 2.24) is 10.6 Å². The van der Waals surface area contributed by atoms with E-state index in [1.165, 1.54) is 25.7 Å². The van der Waals surface area contributed by atoms with E-state index in [0.717, 1.165) is 6.54 Å². The van der Waals surface area contributed by atoms with Crippen LogP contribution >= 0.6 is 0 Å². The first kappa shape index (κ1) is 13.5. The molecular weight excluding hydrogens is 204 g/mol. The Kier molecular flexibility index (Phi) is 6.42. The average Bonchev–Trinajstić information content (AvgIpc) is 2.77. The van der Waals surface area contributed by atoms with Crippen LogP contribution in [0.15, 0.2) is 0 Å². The van der Waals surface area contributed by atoms with Crippen molar-refractivity contribution in [3.63, 3.8) is 0 Å². The van der Waals surface area contributed by atoms with E-state index in [1.807, 2.05) is 0 Å². The van der Waals surface area contributed by atoms with Crippen LogP contribution in [0.4, 0.5) is 0 Å². The van der Waals surface area contributed by atoms with Crippen molar-refractivity contribution in [3.05, 3.63) is 0 Å². The van der Waals surface area contributed by atoms with Crippen molar-refractivity contribution < 1.29 is 9.53 Å². The standard InChI is InChI=1S/C12H24N2O2/c1-10(11-5-3-4-6-11)14-12(15)9-13-7-8-16-2/h10-11,13H,3-9H2,1-2H3,(H,14,15)/t10-/m0/s1. The molecule has 1 rings (SSSR count). The van der Waals surface area contributed by atoms with Gasteiger partial charge >= 0.3 is 0 Å². The van der Waals surface area contributed by atoms with E-state index >= 15 is 0 Å². The molecule has 0 saturated heterocycles. The molecule has 16 heavy (non-hydrogen) atoms. The lowest BCUT2D eigenvalue weighted by Crippen LogP contribution is -2.42. The molecule has 0 radical (unpaired) electrons. The zero-order valence-electron chi connectivity index (χ0n) is 10.4. The fraction of sp³-hybridized carbons (Fsp3) is 0.917. The van der Waals surface area contributed by atoms with Crippen molar-refractivity contribution in [3.8, 4) is 0 Å². The highest BCUT2D eigenvalue weighted by Gasteiger charge is 2.22. The van der Waals surface area contributed by atoms with Gasteiger partial charge in [-0.1, -0.05) is 12.8 Å². The van der Waals surface area contributed by atoms with Gasteiger partial charge in [-0.3, -0.25) is 4.79 Å². The predicted octanol–water partition coefficient (Wildman–Crippen LogP) is 0.917. The average molecular weight is 228 g/mol. The maximum Gasteiger partial charge on any atom is 0.234 e. The molecule has 1 aliphatic carbocycles. The van der Waals surface area contributed by atoms with E-state index in [-0.39, 0.29) is 5.91 Å². The molecule has 94 valence electrons. The fourth-order valence-electron chi connectivity index (χ4n) is 2.26. The van der Waals surface area contributed by atoms with Gasteiger partial charge in [0.15, 0.2) is 0 Å². The van der Waals surface area contributed by atoms with Gasteiger partial charge in [-0.25, -0.2) is 0 Å². The van der Waals surface area contributed by atoms with Gasteiger partial charge in [-0.2, -0.15) is 0 Å². The Morgan fingerprint density at radius 2 is 2.12 bits per heavy atom. The number of hydrogen-bond acceptors (Lipinski definition) is 3. The molecule has 0 unspecified atom stereocenters. The second-order valence-corrected chi connectivity index (χ2v) is 4.57. The van der Waals surface area contributed by atoms with Crippen molar-refractivity contribution in [2.75, 3.05) is 26.8 Å². The van der Waals surface area contributed by atoms with Crippen LogP contribution in [0.5, 0.6) is 0 Å². The van der Waals surface area contributed by atoms with Crippen molar-refractivity contribution in [2.45, 2.75) is 38.6 Å². The Morgan fingerprint density at radius 1 is 1.44 bits per heavy atom. The first-order valence-electron chi connectivity index (χ1n) is 6.23. The third-order valence-corrected chi connectivity index (χ3v) is 3.26. The number of amides is 1. The Labute approximate surface area is 98.1 Å². The largest absolute Gasteiger partial charge is 0.383 e. The molecule has 1 saturated carbocycles. The predicted molar refractivity (Wildman–Crippen MR) is 64.3 cm³/mol. The molecule has 2 N–H and O–H groups in total. The monoisotopic (exact) mass is 228 g/mol. The van der Waals surface area contributed by atoms with Crippen LogP contribution in [0.1, 0.15) is 32.6 Å². The molecule has 0 aliphatic heterocycles. The minimum absolute atomic E-state index is 0.0931. The van der Waals surface area contributed by atoms with E-state index in [4.69, 9.17) is 4.74 Å². The highest BCUT2D eigenvalue weighted by Crippen LogP contribution is 2.27. The molecule has 4 nitrogen and oxygen atoms in total. The molecule has 0 spiro atoms. The van der Waals surface area contributed by atoms with Crippen LogP contribution in [0, 0.1) is 5.92 Å². The summed E-state index contributed by atoms with van der Waals surface area (Å²) in [5, 5.41) is 6.10. The first-order chi connectivity index (χ1) is 7.74. The van der Waals surface area contributed by atoms with E-state index < -0.39 is 0 Å². The summed E-state index contributed by atoms with van der Waals surface area (Å²) in [4.78, 5) is 11.6. The van der Waals surface area contributed by atoms with Gasteiger partial charge in [0.2, 0.25) is 5.91 Å². The number of hydrogen-bond donors (Lipinski definition) is 2. The normalized spacial score (nSPS) is 18.6. The van der Waals surface area contributed by atoms with Crippen molar-refractivity contribution >= 4 is 5.91 Å². The van der Waals surface area contributed by atoms with E-state index in [0.29, 0.717) is 25.1 Å². The summed E-state index contributed by atoms with van der Waals surface area (Å²) >= 11 is 0. The molecule has 0 bridgehead atoms. The zero-order chi connectivity index (χ0) is 11.8. The van der Waals surface area contributed by atoms with Crippen LogP contribution in [-0.4, -0.2) is 38.8 Å². The Morgan fingerprint density at radius 3 is 2.75 bits per heavy atom. The molecule has 1 atom stereocenters. The molecule has 0 heterocycles. The Bertz CT molecular complexity index is 203. The fourth-order valence-corrected chi connectivity index (χ4v) is 2.26. The zero-order valence-corrected chi connectivity index (χ0v) is 10.4. The van der Waals surface area contributed by atoms with Crippen LogP contribution in [0.25, 0.3) is 0 Å². The smallest absolute Gasteiger partial charge is 0.234 e. The number of rotatable bonds is 7. The Hall–Kier alpha value is -0.610. The lowest BCUT2D eigenvalue weighted by molar-refractivity contribution is -0.121. The third-order valence-electron chi connectivity index (χ3n) is 3.26. The first-order valence-corrected chi connectivity index (χ1v) is 6.23. The number of nitrogens with one attached hydrogen (secondary N) is 2. The Balaban J connectivity index is 2.08. The number of carbonyl (C=O) groups excluding carboxylic acids is 1. The molecular formula is C12H24N2O2. The summed E-state index contributed by atoms with van der Waals surface area (Å²) in [5.74, 6) is 0.776. The van der Waals surface area contributed by atoms with Crippen LogP contribution < -0.4 is 10.6 Å². The number of methoxy groups -OCH3 is 1. The summed E-state index contributed by atoms with van der Waals surface area (Å²) in [6.07, 6.45) is 5.16. The van der Waals surface area contributed by atoms with Gasteiger partial charge in [0.1, 0.15) is 0 Å². The van der Waals surface area contributed by atoms with E-state index in [1.54, 1.807) is 7.11 Å². The maximum absolute atomic E-state index is 11.6. The summed E-state index contributed by atoms with van der Waals surface area (Å²) in [6.45, 7) is 3.87. The van der Waals surface area contributed by atoms with Crippen LogP contribution in [0.3, 0.4) is 0 Å². The van der Waals surface area contributed by atoms with E-state index in [9.17, 15) is 4.79 Å². The topological polar surface area (TPSA) is 50.4 Å². The van der Waals surface area contributed by atoms with E-state index in [2.05, 4.69) is 17.6 Å². The summed E-state index contributed by atoms with van der Waals surface area (Å²) in [5.41, 5.74) is 0. The van der Waals surface area contributed by atoms with Crippen molar-refractivity contribution in [2.24, 2.45) is 5.92 Å². The highest BCUT2D eigenvalue weighted by atomic mass is 16.5. The lowest BCUT2D eigenvalue weighted by Gasteiger charge is -2.20. The minimum Gasteiger partial charge on any atom is -0.383 e. The molecule has 1 aliphatic rings. The van der Waals surface area contributed by atoms with Crippen molar-refractivity contribution in [1.29, 1.82) is 0 Å². The molecule has 0 aromatic heterocycles. The molecule has 0 aromatic carbocycles. The third kappa shape index (κ3) is 4.94. The van der Waals surface area contributed by atoms with Crippen LogP contribution in [0.2, 0.25) is 0 Å². The van der Waals surface area contributed by atoms with Gasteiger partial charge in [-0.05, 0) is 25.7 Å². The van der Waals surface area contributed by atoms with Gasteiger partial charge < -0.3 is 15.4 Å². The van der Waals surface area contributed by atoms with Gasteiger partial charge in [0, 0.05) is 19.7 Å². The molecule has 1 amide bonds. The molecule has 4 heteroatoms. The van der Waals surface area contributed by atoms with Gasteiger partial charge in [0.05, 0.1) is 13.2 Å². The highest BCUT2D eigenvalue weighted by molar-refractivity contribution is 5.78. The SMILES string of the molecule is COCCNCC(=O)N[C@@H](C)C1CCCC1. The number of carbonyl (C=O) groups is 1. The number of ether oxygens (including phenoxy) is 1. The summed E-state index contributed by atoms with van der Waals surface area (Å²) < 4.78 is 4.89. The second-order valence-electron chi connectivity index (χ2n) is 4.57. The maximum atomic E-state index is 11.6. The molecule has 0 aromatic rings. The minimum atomic E-state index is 0.0931. The van der Waals surface area contributed by atoms with Gasteiger partial charge in [-0.15, -0.1) is 0 Å².